The number of carbonyl (C=O) groups is 2. The third-order valence-electron chi connectivity index (χ3n) is 4.71. The maximum absolute atomic E-state index is 13.4. The molecule has 0 spiro atoms. The summed E-state index contributed by atoms with van der Waals surface area (Å²) in [5.41, 5.74) is 2.77. The van der Waals surface area contributed by atoms with Gasteiger partial charge in [0.25, 0.3) is 0 Å². The fourth-order valence-electron chi connectivity index (χ4n) is 3.19. The summed E-state index contributed by atoms with van der Waals surface area (Å²) in [6, 6.07) is 7.60. The molecule has 1 atom stereocenters. The third kappa shape index (κ3) is 5.10. The van der Waals surface area contributed by atoms with Crippen LogP contribution in [-0.2, 0) is 22.7 Å². The van der Waals surface area contributed by atoms with Gasteiger partial charge >= 0.3 is 0 Å². The van der Waals surface area contributed by atoms with Gasteiger partial charge in [0.05, 0.1) is 12.5 Å². The van der Waals surface area contributed by atoms with E-state index in [0.717, 1.165) is 16.7 Å². The van der Waals surface area contributed by atoms with Crippen molar-refractivity contribution in [3.63, 3.8) is 0 Å². The van der Waals surface area contributed by atoms with Crippen molar-refractivity contribution in [2.24, 2.45) is 0 Å². The van der Waals surface area contributed by atoms with E-state index in [-0.39, 0.29) is 24.1 Å². The highest BCUT2D eigenvalue weighted by Crippen LogP contribution is 2.15. The molecular formula is C20H23FN4O2. The molecule has 0 saturated carbocycles. The van der Waals surface area contributed by atoms with E-state index in [1.165, 1.54) is 12.1 Å². The molecule has 2 aromatic rings. The Bertz CT molecular complexity index is 827. The van der Waals surface area contributed by atoms with Crippen LogP contribution in [0, 0.1) is 12.7 Å². The maximum Gasteiger partial charge on any atom is 0.237 e. The van der Waals surface area contributed by atoms with E-state index >= 15 is 0 Å². The van der Waals surface area contributed by atoms with E-state index in [1.807, 2.05) is 24.0 Å². The largest absolute Gasteiger partial charge is 0.353 e. The molecule has 2 N–H and O–H groups in total. The molecule has 6 nitrogen and oxygen atoms in total. The van der Waals surface area contributed by atoms with Gasteiger partial charge in [0, 0.05) is 38.6 Å². The summed E-state index contributed by atoms with van der Waals surface area (Å²) in [4.78, 5) is 30.7. The molecule has 0 radical (unpaired) electrons. The van der Waals surface area contributed by atoms with Crippen molar-refractivity contribution in [2.75, 3.05) is 13.1 Å². The van der Waals surface area contributed by atoms with Gasteiger partial charge in [-0.2, -0.15) is 0 Å². The number of aryl methyl sites for hydroxylation is 1. The first-order valence-electron chi connectivity index (χ1n) is 8.95. The van der Waals surface area contributed by atoms with Crippen molar-refractivity contribution < 1.29 is 14.0 Å². The number of aromatic nitrogens is 1. The van der Waals surface area contributed by atoms with Gasteiger partial charge < -0.3 is 10.6 Å². The molecule has 2 amide bonds. The number of benzene rings is 1. The summed E-state index contributed by atoms with van der Waals surface area (Å²) in [5.74, 6) is -0.679. The molecule has 1 unspecified atom stereocenters. The Kier molecular flexibility index (Phi) is 6.13. The minimum absolute atomic E-state index is 0.0608. The lowest BCUT2D eigenvalue weighted by Crippen LogP contribution is -2.56. The van der Waals surface area contributed by atoms with Gasteiger partial charge in [-0.25, -0.2) is 4.39 Å². The Morgan fingerprint density at radius 1 is 1.41 bits per heavy atom. The van der Waals surface area contributed by atoms with Gasteiger partial charge in [0.1, 0.15) is 5.82 Å². The van der Waals surface area contributed by atoms with Gasteiger partial charge in [-0.1, -0.05) is 12.1 Å². The quantitative estimate of drug-likeness (QED) is 0.809. The van der Waals surface area contributed by atoms with E-state index < -0.39 is 6.04 Å². The number of halogens is 1. The predicted molar refractivity (Wildman–Crippen MR) is 99.0 cm³/mol. The number of carbonyl (C=O) groups excluding carboxylic acids is 2. The fraction of sp³-hybridized carbons (Fsp3) is 0.350. The highest BCUT2D eigenvalue weighted by molar-refractivity contribution is 5.88. The van der Waals surface area contributed by atoms with Crippen molar-refractivity contribution in [1.29, 1.82) is 0 Å². The molecule has 1 fully saturated rings. The van der Waals surface area contributed by atoms with Crippen LogP contribution in [0.1, 0.15) is 23.1 Å². The van der Waals surface area contributed by atoms with Crippen molar-refractivity contribution in [3.05, 3.63) is 65.2 Å². The summed E-state index contributed by atoms with van der Waals surface area (Å²) in [7, 11) is 0. The summed E-state index contributed by atoms with van der Waals surface area (Å²) in [5, 5.41) is 5.67. The van der Waals surface area contributed by atoms with E-state index in [4.69, 9.17) is 0 Å². The van der Waals surface area contributed by atoms with Gasteiger partial charge in [0.15, 0.2) is 0 Å². The molecule has 3 rings (SSSR count). The lowest BCUT2D eigenvalue weighted by Gasteiger charge is -2.34. The van der Waals surface area contributed by atoms with Crippen LogP contribution in [0.15, 0.2) is 42.7 Å². The summed E-state index contributed by atoms with van der Waals surface area (Å²) >= 11 is 0. The molecule has 1 aliphatic heterocycles. The molecule has 142 valence electrons. The molecule has 27 heavy (non-hydrogen) atoms. The Hall–Kier alpha value is -2.80. The first-order chi connectivity index (χ1) is 13.0. The van der Waals surface area contributed by atoms with Crippen molar-refractivity contribution in [3.8, 4) is 0 Å². The third-order valence-corrected chi connectivity index (χ3v) is 4.71. The minimum atomic E-state index is -0.569. The molecule has 1 aliphatic rings. The zero-order valence-electron chi connectivity index (χ0n) is 15.2. The predicted octanol–water partition coefficient (Wildman–Crippen LogP) is 1.54. The Morgan fingerprint density at radius 3 is 3.04 bits per heavy atom. The van der Waals surface area contributed by atoms with Crippen LogP contribution in [0.5, 0.6) is 0 Å². The first-order valence-corrected chi connectivity index (χ1v) is 8.95. The lowest BCUT2D eigenvalue weighted by atomic mass is 10.1. The van der Waals surface area contributed by atoms with E-state index in [1.54, 1.807) is 18.5 Å². The highest BCUT2D eigenvalue weighted by Gasteiger charge is 2.31. The lowest BCUT2D eigenvalue weighted by molar-refractivity contribution is -0.134. The average molecular weight is 370 g/mol. The number of nitrogens with zero attached hydrogens (tertiary/aromatic N) is 2. The molecule has 1 aromatic heterocycles. The van der Waals surface area contributed by atoms with Gasteiger partial charge in [-0.3, -0.25) is 19.5 Å². The van der Waals surface area contributed by atoms with E-state index in [0.29, 0.717) is 26.2 Å². The zero-order chi connectivity index (χ0) is 19.2. The van der Waals surface area contributed by atoms with Gasteiger partial charge in [-0.15, -0.1) is 0 Å². The monoisotopic (exact) mass is 370 g/mol. The first kappa shape index (κ1) is 19.0. The summed E-state index contributed by atoms with van der Waals surface area (Å²) in [6.45, 7) is 3.88. The van der Waals surface area contributed by atoms with Crippen molar-refractivity contribution >= 4 is 11.8 Å². The smallest absolute Gasteiger partial charge is 0.237 e. The van der Waals surface area contributed by atoms with Crippen molar-refractivity contribution in [2.45, 2.75) is 32.5 Å². The van der Waals surface area contributed by atoms with Crippen LogP contribution in [-0.4, -0.2) is 40.8 Å². The normalized spacial score (nSPS) is 17.4. The molecule has 1 saturated heterocycles. The van der Waals surface area contributed by atoms with Gasteiger partial charge in [0.2, 0.25) is 11.8 Å². The zero-order valence-corrected chi connectivity index (χ0v) is 15.2. The molecular weight excluding hydrogens is 347 g/mol. The molecule has 1 aromatic carbocycles. The average Bonchev–Trinajstić information content (AvgIpc) is 2.64. The number of amides is 2. The second-order valence-electron chi connectivity index (χ2n) is 6.69. The Labute approximate surface area is 157 Å². The van der Waals surface area contributed by atoms with E-state index in [9.17, 15) is 14.0 Å². The molecule has 0 aliphatic carbocycles. The molecule has 0 bridgehead atoms. The summed E-state index contributed by atoms with van der Waals surface area (Å²) in [6.07, 6.45) is 3.49. The van der Waals surface area contributed by atoms with Gasteiger partial charge in [-0.05, 0) is 41.8 Å². The number of piperazine rings is 1. The topological polar surface area (TPSA) is 74.3 Å². The number of nitrogens with one attached hydrogen (secondary N) is 2. The second-order valence-corrected chi connectivity index (χ2v) is 6.69. The van der Waals surface area contributed by atoms with Crippen LogP contribution in [0.25, 0.3) is 0 Å². The van der Waals surface area contributed by atoms with Crippen LogP contribution < -0.4 is 10.6 Å². The van der Waals surface area contributed by atoms with Crippen molar-refractivity contribution in [1.82, 2.24) is 20.5 Å². The standard InChI is InChI=1S/C20H23FN4O2/c1-14-11-22-6-5-16(14)12-24-19(26)10-18-20(27)23-7-8-25(18)13-15-3-2-4-17(21)9-15/h2-6,9,11,18H,7-8,10,12-13H2,1H3,(H,23,27)(H,24,26). The minimum Gasteiger partial charge on any atom is -0.353 e. The number of pyridine rings is 1. The highest BCUT2D eigenvalue weighted by atomic mass is 19.1. The van der Waals surface area contributed by atoms with E-state index in [2.05, 4.69) is 15.6 Å². The Balaban J connectivity index is 1.62. The van der Waals surface area contributed by atoms with Crippen LogP contribution >= 0.6 is 0 Å². The van der Waals surface area contributed by atoms with Crippen LogP contribution in [0.3, 0.4) is 0 Å². The second kappa shape index (κ2) is 8.73. The number of rotatable bonds is 6. The SMILES string of the molecule is Cc1cnccc1CNC(=O)CC1C(=O)NCCN1Cc1cccc(F)c1. The number of hydrogen-bond donors (Lipinski definition) is 2. The molecule has 7 heteroatoms. The Morgan fingerprint density at radius 2 is 2.26 bits per heavy atom. The maximum atomic E-state index is 13.4. The summed E-state index contributed by atoms with van der Waals surface area (Å²) < 4.78 is 13.4. The fourth-order valence-corrected chi connectivity index (χ4v) is 3.19. The van der Waals surface area contributed by atoms with Crippen LogP contribution in [0.2, 0.25) is 0 Å². The number of hydrogen-bond acceptors (Lipinski definition) is 4. The molecule has 2 heterocycles. The van der Waals surface area contributed by atoms with Crippen LogP contribution in [0.4, 0.5) is 4.39 Å².